The molecule has 1 aliphatic heterocycles. The molecule has 4 rings (SSSR count). The third-order valence-electron chi connectivity index (χ3n) is 6.14. The van der Waals surface area contributed by atoms with Gasteiger partial charge in [0.15, 0.2) is 0 Å². The van der Waals surface area contributed by atoms with E-state index in [1.807, 2.05) is 13.8 Å². The molecule has 1 saturated heterocycles. The lowest BCUT2D eigenvalue weighted by Crippen LogP contribution is -2.37. The first-order chi connectivity index (χ1) is 12.2. The van der Waals surface area contributed by atoms with E-state index >= 15 is 0 Å². The normalized spacial score (nSPS) is 26.2. The standard InChI is InChI=1S/C21H29N3O/c1-15-19(16(2)25-23-15)10-11-22-21-9-8-18-13-24(14-20(18)21)12-17-6-4-3-5-7-17/h3-7,18,20-22H,8-14H2,1-2H3/t18-,20+,21+/m0/s1. The van der Waals surface area contributed by atoms with Crippen LogP contribution in [0.15, 0.2) is 34.9 Å². The molecule has 0 bridgehead atoms. The second-order valence-electron chi connectivity index (χ2n) is 7.79. The van der Waals surface area contributed by atoms with Gasteiger partial charge in [0, 0.05) is 31.2 Å². The van der Waals surface area contributed by atoms with E-state index in [2.05, 4.69) is 45.7 Å². The second kappa shape index (κ2) is 7.30. The van der Waals surface area contributed by atoms with Gasteiger partial charge in [-0.2, -0.15) is 0 Å². The summed E-state index contributed by atoms with van der Waals surface area (Å²) in [5.74, 6) is 2.66. The van der Waals surface area contributed by atoms with Crippen molar-refractivity contribution < 1.29 is 4.52 Å². The number of aryl methyl sites for hydroxylation is 2. The van der Waals surface area contributed by atoms with Crippen molar-refractivity contribution in [2.75, 3.05) is 19.6 Å². The van der Waals surface area contributed by atoms with Gasteiger partial charge >= 0.3 is 0 Å². The summed E-state index contributed by atoms with van der Waals surface area (Å²) >= 11 is 0. The Bertz CT molecular complexity index is 677. The van der Waals surface area contributed by atoms with Crippen molar-refractivity contribution >= 4 is 0 Å². The minimum atomic E-state index is 0.672. The van der Waals surface area contributed by atoms with E-state index in [-0.39, 0.29) is 0 Å². The van der Waals surface area contributed by atoms with Crippen molar-refractivity contribution in [2.24, 2.45) is 11.8 Å². The minimum absolute atomic E-state index is 0.672. The molecule has 4 nitrogen and oxygen atoms in total. The molecule has 2 fully saturated rings. The van der Waals surface area contributed by atoms with Gasteiger partial charge in [0.1, 0.15) is 5.76 Å². The molecule has 4 heteroatoms. The third-order valence-corrected chi connectivity index (χ3v) is 6.14. The molecule has 2 aliphatic rings. The summed E-state index contributed by atoms with van der Waals surface area (Å²) < 4.78 is 5.27. The molecule has 1 aliphatic carbocycles. The van der Waals surface area contributed by atoms with Gasteiger partial charge < -0.3 is 9.84 Å². The summed E-state index contributed by atoms with van der Waals surface area (Å²) in [4.78, 5) is 2.65. The van der Waals surface area contributed by atoms with Gasteiger partial charge in [-0.05, 0) is 57.1 Å². The lowest BCUT2D eigenvalue weighted by molar-refractivity contribution is 0.289. The van der Waals surface area contributed by atoms with Gasteiger partial charge in [-0.15, -0.1) is 0 Å². The number of rotatable bonds is 6. The molecule has 1 aromatic carbocycles. The zero-order chi connectivity index (χ0) is 17.2. The van der Waals surface area contributed by atoms with Crippen LogP contribution in [0.3, 0.4) is 0 Å². The van der Waals surface area contributed by atoms with Gasteiger partial charge in [0.25, 0.3) is 0 Å². The molecule has 0 amide bonds. The zero-order valence-corrected chi connectivity index (χ0v) is 15.4. The highest BCUT2D eigenvalue weighted by Gasteiger charge is 2.42. The van der Waals surface area contributed by atoms with Crippen LogP contribution in [0.1, 0.15) is 35.4 Å². The van der Waals surface area contributed by atoms with Crippen LogP contribution in [0.5, 0.6) is 0 Å². The van der Waals surface area contributed by atoms with Crippen molar-refractivity contribution in [1.82, 2.24) is 15.4 Å². The molecule has 134 valence electrons. The average Bonchev–Trinajstić information content (AvgIpc) is 3.26. The predicted molar refractivity (Wildman–Crippen MR) is 99.4 cm³/mol. The van der Waals surface area contributed by atoms with E-state index in [0.717, 1.165) is 42.8 Å². The van der Waals surface area contributed by atoms with E-state index in [9.17, 15) is 0 Å². The Morgan fingerprint density at radius 1 is 1.16 bits per heavy atom. The van der Waals surface area contributed by atoms with E-state index in [1.54, 1.807) is 0 Å². The van der Waals surface area contributed by atoms with Crippen LogP contribution in [0, 0.1) is 25.7 Å². The monoisotopic (exact) mass is 339 g/mol. The van der Waals surface area contributed by atoms with Crippen LogP contribution in [-0.2, 0) is 13.0 Å². The molecule has 1 N–H and O–H groups in total. The summed E-state index contributed by atoms with van der Waals surface area (Å²) in [6.07, 6.45) is 3.72. The Labute approximate surface area is 150 Å². The van der Waals surface area contributed by atoms with Crippen LogP contribution in [0.4, 0.5) is 0 Å². The fraction of sp³-hybridized carbons (Fsp3) is 0.571. The number of fused-ring (bicyclic) bond motifs is 1. The number of benzene rings is 1. The zero-order valence-electron chi connectivity index (χ0n) is 15.4. The van der Waals surface area contributed by atoms with Gasteiger partial charge in [-0.3, -0.25) is 4.90 Å². The number of likely N-dealkylation sites (tertiary alicyclic amines) is 1. The quantitative estimate of drug-likeness (QED) is 0.876. The summed E-state index contributed by atoms with van der Waals surface area (Å²) in [6, 6.07) is 11.5. The molecule has 25 heavy (non-hydrogen) atoms. The highest BCUT2D eigenvalue weighted by Crippen LogP contribution is 2.38. The Kier molecular flexibility index (Phi) is 4.91. The first kappa shape index (κ1) is 16.8. The van der Waals surface area contributed by atoms with Gasteiger partial charge in [-0.25, -0.2) is 0 Å². The van der Waals surface area contributed by atoms with E-state index in [4.69, 9.17) is 4.52 Å². The molecule has 1 saturated carbocycles. The van der Waals surface area contributed by atoms with Crippen molar-refractivity contribution in [3.8, 4) is 0 Å². The van der Waals surface area contributed by atoms with Crippen LogP contribution in [-0.4, -0.2) is 35.7 Å². The minimum Gasteiger partial charge on any atom is -0.361 e. The van der Waals surface area contributed by atoms with Gasteiger partial charge in [0.05, 0.1) is 5.69 Å². The SMILES string of the molecule is Cc1noc(C)c1CCN[C@@H]1CC[C@H]2CN(Cc3ccccc3)C[C@H]21. The molecule has 0 radical (unpaired) electrons. The highest BCUT2D eigenvalue weighted by molar-refractivity contribution is 5.21. The smallest absolute Gasteiger partial charge is 0.137 e. The number of nitrogens with one attached hydrogen (secondary N) is 1. The van der Waals surface area contributed by atoms with Crippen LogP contribution < -0.4 is 5.32 Å². The van der Waals surface area contributed by atoms with Crippen LogP contribution in [0.2, 0.25) is 0 Å². The van der Waals surface area contributed by atoms with E-state index < -0.39 is 0 Å². The largest absolute Gasteiger partial charge is 0.361 e. The summed E-state index contributed by atoms with van der Waals surface area (Å²) in [6.45, 7) is 8.68. The molecule has 1 aromatic heterocycles. The van der Waals surface area contributed by atoms with Gasteiger partial charge in [0.2, 0.25) is 0 Å². The molecule has 0 spiro atoms. The lowest BCUT2D eigenvalue weighted by atomic mass is 9.97. The first-order valence-electron chi connectivity index (χ1n) is 9.62. The molecular formula is C21H29N3O. The summed E-state index contributed by atoms with van der Waals surface area (Å²) in [5, 5.41) is 7.89. The lowest BCUT2D eigenvalue weighted by Gasteiger charge is -2.22. The number of nitrogens with zero attached hydrogens (tertiary/aromatic N) is 2. The van der Waals surface area contributed by atoms with E-state index in [1.165, 1.54) is 37.1 Å². The summed E-state index contributed by atoms with van der Waals surface area (Å²) in [7, 11) is 0. The number of hydrogen-bond donors (Lipinski definition) is 1. The number of hydrogen-bond acceptors (Lipinski definition) is 4. The fourth-order valence-corrected chi connectivity index (χ4v) is 4.82. The Morgan fingerprint density at radius 2 is 2.00 bits per heavy atom. The average molecular weight is 339 g/mol. The van der Waals surface area contributed by atoms with Crippen molar-refractivity contribution in [3.05, 3.63) is 52.9 Å². The van der Waals surface area contributed by atoms with E-state index in [0.29, 0.717) is 6.04 Å². The maximum atomic E-state index is 5.27. The van der Waals surface area contributed by atoms with Crippen molar-refractivity contribution in [1.29, 1.82) is 0 Å². The fourth-order valence-electron chi connectivity index (χ4n) is 4.82. The molecule has 2 heterocycles. The summed E-state index contributed by atoms with van der Waals surface area (Å²) in [5.41, 5.74) is 3.75. The maximum absolute atomic E-state index is 5.27. The molecule has 3 atom stereocenters. The van der Waals surface area contributed by atoms with Gasteiger partial charge in [-0.1, -0.05) is 35.5 Å². The maximum Gasteiger partial charge on any atom is 0.137 e. The first-order valence-corrected chi connectivity index (χ1v) is 9.62. The predicted octanol–water partition coefficient (Wildman–Crippen LogP) is 3.33. The van der Waals surface area contributed by atoms with Crippen LogP contribution in [0.25, 0.3) is 0 Å². The molecule has 0 unspecified atom stereocenters. The molecule has 2 aromatic rings. The van der Waals surface area contributed by atoms with Crippen LogP contribution >= 0.6 is 0 Å². The highest BCUT2D eigenvalue weighted by atomic mass is 16.5. The topological polar surface area (TPSA) is 41.3 Å². The van der Waals surface area contributed by atoms with Crippen molar-refractivity contribution in [3.63, 3.8) is 0 Å². The third kappa shape index (κ3) is 3.65. The Hall–Kier alpha value is -1.65. The number of aromatic nitrogens is 1. The second-order valence-corrected chi connectivity index (χ2v) is 7.79. The Morgan fingerprint density at radius 3 is 2.76 bits per heavy atom. The van der Waals surface area contributed by atoms with Crippen molar-refractivity contribution in [2.45, 2.75) is 45.7 Å². The molecular weight excluding hydrogens is 310 g/mol. The Balaban J connectivity index is 1.28.